The van der Waals surface area contributed by atoms with Gasteiger partial charge in [-0.25, -0.2) is 4.79 Å². The summed E-state index contributed by atoms with van der Waals surface area (Å²) in [5.74, 6) is -1.67. The van der Waals surface area contributed by atoms with Crippen molar-refractivity contribution in [1.82, 2.24) is 4.90 Å². The smallest absolute Gasteiger partial charge is 0.410 e. The van der Waals surface area contributed by atoms with Crippen LogP contribution in [0.1, 0.15) is 27.2 Å². The molecule has 2 atom stereocenters. The molecule has 4 nitrogen and oxygen atoms in total. The molecule has 1 amide bonds. The molecule has 0 aromatic heterocycles. The Kier molecular flexibility index (Phi) is 4.71. The van der Waals surface area contributed by atoms with Crippen molar-refractivity contribution in [2.45, 2.75) is 45.1 Å². The summed E-state index contributed by atoms with van der Waals surface area (Å²) in [4.78, 5) is 12.9. The number of rotatable bonds is 1. The molecule has 1 fully saturated rings. The van der Waals surface area contributed by atoms with E-state index in [0.717, 1.165) is 4.90 Å². The zero-order valence-corrected chi connectivity index (χ0v) is 11.6. The highest BCUT2D eigenvalue weighted by atomic mass is 19.4. The van der Waals surface area contributed by atoms with Crippen molar-refractivity contribution in [1.29, 1.82) is 0 Å². The molecule has 0 spiro atoms. The quantitative estimate of drug-likeness (QED) is 0.742. The van der Waals surface area contributed by atoms with Crippen molar-refractivity contribution in [3.63, 3.8) is 0 Å². The van der Waals surface area contributed by atoms with Gasteiger partial charge in [-0.2, -0.15) is 13.2 Å². The lowest BCUT2D eigenvalue weighted by Crippen LogP contribution is -2.52. The Morgan fingerprint density at radius 2 is 1.84 bits per heavy atom. The summed E-state index contributed by atoms with van der Waals surface area (Å²) in [6.45, 7) is 4.81. The highest BCUT2D eigenvalue weighted by Gasteiger charge is 2.49. The summed E-state index contributed by atoms with van der Waals surface area (Å²) in [6, 6.07) is 0. The molecule has 0 N–H and O–H groups in total. The van der Waals surface area contributed by atoms with Gasteiger partial charge in [-0.05, 0) is 27.2 Å². The fraction of sp³-hybridized carbons (Fsp3) is 0.917. The normalized spacial score (nSPS) is 25.3. The number of halogens is 3. The number of likely N-dealkylation sites (tertiary alicyclic amines) is 1. The van der Waals surface area contributed by atoms with E-state index in [2.05, 4.69) is 0 Å². The fourth-order valence-electron chi connectivity index (χ4n) is 2.02. The van der Waals surface area contributed by atoms with Gasteiger partial charge in [0.05, 0.1) is 12.0 Å². The largest absolute Gasteiger partial charge is 0.444 e. The standard InChI is InChI=1S/C12H20F3NO3/c1-11(2,3)19-10(17)16-6-5-9(18-4)8(7-16)12(13,14)15/h8-9H,5-7H2,1-4H3. The predicted octanol–water partition coefficient (Wildman–Crippen LogP) is 2.82. The third kappa shape index (κ3) is 4.56. The van der Waals surface area contributed by atoms with Crippen LogP contribution >= 0.6 is 0 Å². The maximum absolute atomic E-state index is 12.9. The van der Waals surface area contributed by atoms with E-state index in [9.17, 15) is 18.0 Å². The van der Waals surface area contributed by atoms with Crippen LogP contribution in [0.2, 0.25) is 0 Å². The van der Waals surface area contributed by atoms with E-state index < -0.39 is 36.4 Å². The number of piperidine rings is 1. The molecule has 0 radical (unpaired) electrons. The molecule has 0 bridgehead atoms. The molecule has 112 valence electrons. The van der Waals surface area contributed by atoms with Crippen molar-refractivity contribution in [2.24, 2.45) is 5.92 Å². The second-order valence-electron chi connectivity index (χ2n) is 5.64. The molecule has 0 saturated carbocycles. The van der Waals surface area contributed by atoms with Crippen molar-refractivity contribution >= 4 is 6.09 Å². The molecule has 1 rings (SSSR count). The number of hydrogen-bond acceptors (Lipinski definition) is 3. The van der Waals surface area contributed by atoms with Crippen LogP contribution in [0.15, 0.2) is 0 Å². The Morgan fingerprint density at radius 3 is 2.26 bits per heavy atom. The number of hydrogen-bond donors (Lipinski definition) is 0. The summed E-state index contributed by atoms with van der Waals surface area (Å²) in [5, 5.41) is 0. The lowest BCUT2D eigenvalue weighted by Gasteiger charge is -2.38. The number of carbonyl (C=O) groups is 1. The first-order valence-electron chi connectivity index (χ1n) is 6.12. The molecule has 1 aliphatic rings. The molecule has 1 saturated heterocycles. The molecule has 2 unspecified atom stereocenters. The lowest BCUT2D eigenvalue weighted by atomic mass is 9.94. The molecule has 1 aliphatic heterocycles. The Balaban J connectivity index is 2.72. The molecule has 0 aromatic rings. The highest BCUT2D eigenvalue weighted by Crippen LogP contribution is 2.35. The Morgan fingerprint density at radius 1 is 1.26 bits per heavy atom. The van der Waals surface area contributed by atoms with E-state index in [1.54, 1.807) is 20.8 Å². The molecule has 0 aromatic carbocycles. The van der Waals surface area contributed by atoms with Crippen LogP contribution in [-0.4, -0.2) is 49.1 Å². The second-order valence-corrected chi connectivity index (χ2v) is 5.64. The van der Waals surface area contributed by atoms with Gasteiger partial charge in [0.25, 0.3) is 0 Å². The van der Waals surface area contributed by atoms with Gasteiger partial charge < -0.3 is 14.4 Å². The van der Waals surface area contributed by atoms with Crippen molar-refractivity contribution < 1.29 is 27.4 Å². The minimum absolute atomic E-state index is 0.153. The molecule has 19 heavy (non-hydrogen) atoms. The first-order valence-corrected chi connectivity index (χ1v) is 6.12. The minimum atomic E-state index is -4.39. The zero-order valence-electron chi connectivity index (χ0n) is 11.6. The molecule has 0 aliphatic carbocycles. The third-order valence-electron chi connectivity index (χ3n) is 2.92. The summed E-state index contributed by atoms with van der Waals surface area (Å²) in [6.07, 6.45) is -5.85. The van der Waals surface area contributed by atoms with Gasteiger partial charge in [0.2, 0.25) is 0 Å². The van der Waals surface area contributed by atoms with Gasteiger partial charge in [0, 0.05) is 20.2 Å². The van der Waals surface area contributed by atoms with Crippen molar-refractivity contribution in [3.8, 4) is 0 Å². The number of methoxy groups -OCH3 is 1. The third-order valence-corrected chi connectivity index (χ3v) is 2.92. The molecular weight excluding hydrogens is 263 g/mol. The fourth-order valence-corrected chi connectivity index (χ4v) is 2.02. The number of alkyl halides is 3. The lowest BCUT2D eigenvalue weighted by molar-refractivity contribution is -0.216. The number of carbonyl (C=O) groups excluding carboxylic acids is 1. The SMILES string of the molecule is COC1CCN(C(=O)OC(C)(C)C)CC1C(F)(F)F. The van der Waals surface area contributed by atoms with E-state index in [-0.39, 0.29) is 13.0 Å². The van der Waals surface area contributed by atoms with Crippen LogP contribution in [0, 0.1) is 5.92 Å². The van der Waals surface area contributed by atoms with Gasteiger partial charge >= 0.3 is 12.3 Å². The highest BCUT2D eigenvalue weighted by molar-refractivity contribution is 5.68. The monoisotopic (exact) mass is 283 g/mol. The van der Waals surface area contributed by atoms with Crippen LogP contribution in [0.3, 0.4) is 0 Å². The van der Waals surface area contributed by atoms with E-state index >= 15 is 0 Å². The summed E-state index contributed by atoms with van der Waals surface area (Å²) < 4.78 is 48.6. The van der Waals surface area contributed by atoms with Gasteiger partial charge in [0.15, 0.2) is 0 Å². The topological polar surface area (TPSA) is 38.8 Å². The molecule has 1 heterocycles. The number of nitrogens with zero attached hydrogens (tertiary/aromatic N) is 1. The van der Waals surface area contributed by atoms with Crippen LogP contribution in [-0.2, 0) is 9.47 Å². The molecular formula is C12H20F3NO3. The van der Waals surface area contributed by atoms with E-state index in [4.69, 9.17) is 9.47 Å². The molecule has 7 heteroatoms. The maximum Gasteiger partial charge on any atom is 0.410 e. The predicted molar refractivity (Wildman–Crippen MR) is 62.8 cm³/mol. The van der Waals surface area contributed by atoms with Gasteiger partial charge in [-0.1, -0.05) is 0 Å². The van der Waals surface area contributed by atoms with Crippen LogP contribution < -0.4 is 0 Å². The summed E-state index contributed by atoms with van der Waals surface area (Å²) in [7, 11) is 1.26. The Labute approximate surface area is 110 Å². The van der Waals surface area contributed by atoms with Crippen molar-refractivity contribution in [3.05, 3.63) is 0 Å². The van der Waals surface area contributed by atoms with Gasteiger partial charge in [0.1, 0.15) is 5.60 Å². The Bertz CT molecular complexity index is 325. The van der Waals surface area contributed by atoms with Gasteiger partial charge in [-0.3, -0.25) is 0 Å². The van der Waals surface area contributed by atoms with E-state index in [1.807, 2.05) is 0 Å². The van der Waals surface area contributed by atoms with Crippen LogP contribution in [0.25, 0.3) is 0 Å². The van der Waals surface area contributed by atoms with Crippen LogP contribution in [0.5, 0.6) is 0 Å². The number of ether oxygens (including phenoxy) is 2. The first-order chi connectivity index (χ1) is 8.54. The average Bonchev–Trinajstić information content (AvgIpc) is 2.24. The average molecular weight is 283 g/mol. The number of amides is 1. The van der Waals surface area contributed by atoms with Gasteiger partial charge in [-0.15, -0.1) is 0 Å². The second kappa shape index (κ2) is 5.56. The minimum Gasteiger partial charge on any atom is -0.444 e. The van der Waals surface area contributed by atoms with E-state index in [0.29, 0.717) is 0 Å². The maximum atomic E-state index is 12.9. The summed E-state index contributed by atoms with van der Waals surface area (Å²) in [5.41, 5.74) is -0.719. The Hall–Kier alpha value is -0.980. The van der Waals surface area contributed by atoms with Crippen molar-refractivity contribution in [2.75, 3.05) is 20.2 Å². The van der Waals surface area contributed by atoms with Crippen LogP contribution in [0.4, 0.5) is 18.0 Å². The van der Waals surface area contributed by atoms with E-state index in [1.165, 1.54) is 7.11 Å². The zero-order chi connectivity index (χ0) is 14.8. The summed E-state index contributed by atoms with van der Waals surface area (Å²) >= 11 is 0. The first kappa shape index (κ1) is 16.1.